The molecule has 0 bridgehead atoms. The fourth-order valence-corrected chi connectivity index (χ4v) is 4.14. The molecule has 0 saturated heterocycles. The third-order valence-electron chi connectivity index (χ3n) is 4.05. The Morgan fingerprint density at radius 3 is 2.52 bits per heavy atom. The Morgan fingerprint density at radius 1 is 0.857 bits per heavy atom. The molecule has 0 unspecified atom stereocenters. The molecule has 0 atom stereocenters. The highest BCUT2D eigenvalue weighted by molar-refractivity contribution is 7.25. The smallest absolute Gasteiger partial charge is 0.201 e. The van der Waals surface area contributed by atoms with E-state index in [1.54, 1.807) is 0 Å². The van der Waals surface area contributed by atoms with Crippen LogP contribution < -0.4 is 4.57 Å². The summed E-state index contributed by atoms with van der Waals surface area (Å²) in [6, 6.07) is 19.7. The van der Waals surface area contributed by atoms with Crippen LogP contribution in [0, 0.1) is 6.92 Å². The van der Waals surface area contributed by atoms with Gasteiger partial charge in [-0.15, -0.1) is 11.3 Å². The minimum absolute atomic E-state index is 1.26. The number of aryl methyl sites for hydroxylation is 2. The average molecular weight is 290 g/mol. The Hall–Kier alpha value is -2.19. The van der Waals surface area contributed by atoms with Crippen LogP contribution in [0.15, 0.2) is 60.8 Å². The lowest BCUT2D eigenvalue weighted by Crippen LogP contribution is -2.30. The lowest BCUT2D eigenvalue weighted by atomic mass is 10.0. The molecule has 0 N–H and O–H groups in total. The van der Waals surface area contributed by atoms with Gasteiger partial charge >= 0.3 is 0 Å². The van der Waals surface area contributed by atoms with Crippen molar-refractivity contribution in [1.82, 2.24) is 0 Å². The van der Waals surface area contributed by atoms with Gasteiger partial charge in [0, 0.05) is 37.9 Å². The molecule has 0 fully saturated rings. The van der Waals surface area contributed by atoms with Crippen LogP contribution in [0.4, 0.5) is 0 Å². The lowest BCUT2D eigenvalue weighted by Gasteiger charge is -2.05. The third kappa shape index (κ3) is 1.95. The van der Waals surface area contributed by atoms with Crippen LogP contribution in [0.1, 0.15) is 5.56 Å². The second kappa shape index (κ2) is 4.68. The zero-order valence-electron chi connectivity index (χ0n) is 12.1. The molecule has 2 aromatic carbocycles. The highest BCUT2D eigenvalue weighted by Gasteiger charge is 2.14. The van der Waals surface area contributed by atoms with E-state index in [1.165, 1.54) is 37.0 Å². The van der Waals surface area contributed by atoms with Crippen molar-refractivity contribution >= 4 is 31.5 Å². The Balaban J connectivity index is 2.08. The predicted molar refractivity (Wildman–Crippen MR) is 90.7 cm³/mol. The molecule has 1 nitrogen and oxygen atoms in total. The standard InChI is InChI=1S/C19H16NS/c1-13-11-19-16(14-7-3-4-9-18(14)21-19)12-15(13)17-8-5-6-10-20(17)2/h3-12H,1-2H3/q+1. The van der Waals surface area contributed by atoms with Crippen molar-refractivity contribution in [3.8, 4) is 11.3 Å². The van der Waals surface area contributed by atoms with Crippen molar-refractivity contribution in [2.75, 3.05) is 0 Å². The fourth-order valence-electron chi connectivity index (χ4n) is 2.95. The van der Waals surface area contributed by atoms with E-state index in [0.29, 0.717) is 0 Å². The van der Waals surface area contributed by atoms with Crippen LogP contribution in [0.25, 0.3) is 31.4 Å². The predicted octanol–water partition coefficient (Wildman–Crippen LogP) is 4.85. The van der Waals surface area contributed by atoms with Crippen molar-refractivity contribution < 1.29 is 4.57 Å². The van der Waals surface area contributed by atoms with Crippen LogP contribution >= 0.6 is 11.3 Å². The molecule has 2 heterocycles. The molecule has 0 saturated carbocycles. The minimum atomic E-state index is 1.26. The number of pyridine rings is 1. The number of hydrogen-bond acceptors (Lipinski definition) is 1. The molecule has 4 rings (SSSR count). The summed E-state index contributed by atoms with van der Waals surface area (Å²) in [4.78, 5) is 0. The summed E-state index contributed by atoms with van der Waals surface area (Å²) < 4.78 is 4.92. The van der Waals surface area contributed by atoms with Crippen molar-refractivity contribution in [3.63, 3.8) is 0 Å². The highest BCUT2D eigenvalue weighted by Crippen LogP contribution is 2.37. The van der Waals surface area contributed by atoms with Gasteiger partial charge < -0.3 is 0 Å². The topological polar surface area (TPSA) is 3.88 Å². The van der Waals surface area contributed by atoms with Gasteiger partial charge in [0.2, 0.25) is 5.69 Å². The lowest BCUT2D eigenvalue weighted by molar-refractivity contribution is -0.660. The average Bonchev–Trinajstić information content (AvgIpc) is 2.84. The van der Waals surface area contributed by atoms with E-state index in [1.807, 2.05) is 11.3 Å². The van der Waals surface area contributed by atoms with Crippen LogP contribution in [0.2, 0.25) is 0 Å². The number of hydrogen-bond donors (Lipinski definition) is 0. The van der Waals surface area contributed by atoms with Crippen molar-refractivity contribution in [2.24, 2.45) is 7.05 Å². The highest BCUT2D eigenvalue weighted by atomic mass is 32.1. The van der Waals surface area contributed by atoms with Gasteiger partial charge in [-0.1, -0.05) is 18.2 Å². The zero-order chi connectivity index (χ0) is 14.4. The van der Waals surface area contributed by atoms with Crippen LogP contribution in [-0.4, -0.2) is 0 Å². The molecule has 4 aromatic rings. The molecule has 0 aliphatic rings. The number of benzene rings is 2. The Labute approximate surface area is 128 Å². The van der Waals surface area contributed by atoms with E-state index < -0.39 is 0 Å². The van der Waals surface area contributed by atoms with E-state index in [9.17, 15) is 0 Å². The van der Waals surface area contributed by atoms with E-state index in [-0.39, 0.29) is 0 Å². The summed E-state index contributed by atoms with van der Waals surface area (Å²) >= 11 is 1.88. The minimum Gasteiger partial charge on any atom is -0.201 e. The molecule has 2 aromatic heterocycles. The summed E-state index contributed by atoms with van der Waals surface area (Å²) in [7, 11) is 2.10. The molecule has 2 heteroatoms. The maximum Gasteiger partial charge on any atom is 0.212 e. The molecular weight excluding hydrogens is 274 g/mol. The molecule has 0 amide bonds. The molecule has 21 heavy (non-hydrogen) atoms. The van der Waals surface area contributed by atoms with Crippen LogP contribution in [0.3, 0.4) is 0 Å². The molecule has 0 aliphatic heterocycles. The normalized spacial score (nSPS) is 11.3. The molecule has 0 radical (unpaired) electrons. The zero-order valence-corrected chi connectivity index (χ0v) is 12.9. The van der Waals surface area contributed by atoms with Crippen molar-refractivity contribution in [3.05, 3.63) is 66.4 Å². The fraction of sp³-hybridized carbons (Fsp3) is 0.105. The summed E-state index contributed by atoms with van der Waals surface area (Å²) in [5.74, 6) is 0. The van der Waals surface area contributed by atoms with Gasteiger partial charge in [-0.05, 0) is 36.8 Å². The number of nitrogens with zero attached hydrogens (tertiary/aromatic N) is 1. The monoisotopic (exact) mass is 290 g/mol. The third-order valence-corrected chi connectivity index (χ3v) is 5.19. The summed E-state index contributed by atoms with van der Waals surface area (Å²) in [6.07, 6.45) is 2.10. The maximum absolute atomic E-state index is 2.35. The molecule has 102 valence electrons. The second-order valence-corrected chi connectivity index (χ2v) is 6.54. The van der Waals surface area contributed by atoms with Crippen molar-refractivity contribution in [1.29, 1.82) is 0 Å². The van der Waals surface area contributed by atoms with Gasteiger partial charge in [-0.3, -0.25) is 0 Å². The second-order valence-electron chi connectivity index (χ2n) is 5.46. The number of rotatable bonds is 1. The maximum atomic E-state index is 2.35. The van der Waals surface area contributed by atoms with Crippen LogP contribution in [-0.2, 0) is 7.05 Å². The number of aromatic nitrogens is 1. The molecule has 0 spiro atoms. The Morgan fingerprint density at radius 2 is 1.67 bits per heavy atom. The summed E-state index contributed by atoms with van der Waals surface area (Å²) in [5, 5.41) is 2.72. The quantitative estimate of drug-likeness (QED) is 0.441. The van der Waals surface area contributed by atoms with Gasteiger partial charge in [-0.2, -0.15) is 0 Å². The van der Waals surface area contributed by atoms with Crippen molar-refractivity contribution in [2.45, 2.75) is 6.92 Å². The first-order valence-corrected chi connectivity index (χ1v) is 7.92. The first kappa shape index (κ1) is 12.5. The van der Waals surface area contributed by atoms with Gasteiger partial charge in [0.1, 0.15) is 7.05 Å². The van der Waals surface area contributed by atoms with Gasteiger partial charge in [0.25, 0.3) is 0 Å². The first-order chi connectivity index (χ1) is 10.2. The van der Waals surface area contributed by atoms with E-state index in [2.05, 4.69) is 79.3 Å². The van der Waals surface area contributed by atoms with E-state index in [4.69, 9.17) is 0 Å². The van der Waals surface area contributed by atoms with Gasteiger partial charge in [0.15, 0.2) is 6.20 Å². The van der Waals surface area contributed by atoms with Gasteiger partial charge in [0.05, 0.1) is 0 Å². The van der Waals surface area contributed by atoms with E-state index in [0.717, 1.165) is 0 Å². The number of fused-ring (bicyclic) bond motifs is 3. The Kier molecular flexibility index (Phi) is 2.79. The largest absolute Gasteiger partial charge is 0.212 e. The molecule has 0 aliphatic carbocycles. The summed E-state index contributed by atoms with van der Waals surface area (Å²) in [5.41, 5.74) is 3.90. The SMILES string of the molecule is Cc1cc2sc3ccccc3c2cc1-c1cccc[n+]1C. The molecular formula is C19H16NS+. The first-order valence-electron chi connectivity index (χ1n) is 7.11. The Bertz CT molecular complexity index is 966. The van der Waals surface area contributed by atoms with Crippen LogP contribution in [0.5, 0.6) is 0 Å². The van der Waals surface area contributed by atoms with E-state index >= 15 is 0 Å². The van der Waals surface area contributed by atoms with Gasteiger partial charge in [-0.25, -0.2) is 4.57 Å². The number of thiophene rings is 1. The summed E-state index contributed by atoms with van der Waals surface area (Å²) in [6.45, 7) is 2.20.